The molecular weight excluding hydrogens is 312 g/mol. The SMILES string of the molecule is CCC(C)c1nc(OC)c(C(=O)c2ccc(O)cc2)n(OC)c1=O. The highest BCUT2D eigenvalue weighted by molar-refractivity contribution is 6.09. The van der Waals surface area contributed by atoms with E-state index in [4.69, 9.17) is 9.57 Å². The maximum atomic E-state index is 12.8. The minimum Gasteiger partial charge on any atom is -0.508 e. The Hall–Kier alpha value is -2.83. The Labute approximate surface area is 139 Å². The van der Waals surface area contributed by atoms with Crippen LogP contribution in [0.5, 0.6) is 11.6 Å². The lowest BCUT2D eigenvalue weighted by atomic mass is 10.0. The van der Waals surface area contributed by atoms with Gasteiger partial charge in [-0.15, -0.1) is 4.73 Å². The number of nitrogens with zero attached hydrogens (tertiary/aromatic N) is 2. The van der Waals surface area contributed by atoms with E-state index in [2.05, 4.69) is 4.98 Å². The van der Waals surface area contributed by atoms with Gasteiger partial charge in [0.05, 0.1) is 7.11 Å². The van der Waals surface area contributed by atoms with E-state index >= 15 is 0 Å². The normalized spacial score (nSPS) is 11.8. The van der Waals surface area contributed by atoms with Crippen LogP contribution in [0.3, 0.4) is 0 Å². The topological polar surface area (TPSA) is 90.7 Å². The molecule has 0 aliphatic heterocycles. The predicted molar refractivity (Wildman–Crippen MR) is 87.8 cm³/mol. The monoisotopic (exact) mass is 332 g/mol. The first-order valence-corrected chi connectivity index (χ1v) is 7.53. The number of carbonyl (C=O) groups excluding carboxylic acids is 1. The molecule has 0 saturated heterocycles. The molecule has 24 heavy (non-hydrogen) atoms. The maximum absolute atomic E-state index is 12.8. The highest BCUT2D eigenvalue weighted by Gasteiger charge is 2.26. The lowest BCUT2D eigenvalue weighted by molar-refractivity contribution is 0.0946. The number of carbonyl (C=O) groups is 1. The molecule has 0 bridgehead atoms. The number of benzene rings is 1. The van der Waals surface area contributed by atoms with Crippen molar-refractivity contribution in [1.82, 2.24) is 9.71 Å². The van der Waals surface area contributed by atoms with Crippen LogP contribution in [-0.2, 0) is 0 Å². The number of aromatic hydroxyl groups is 1. The average Bonchev–Trinajstić information content (AvgIpc) is 2.60. The third-order valence-electron chi connectivity index (χ3n) is 3.83. The van der Waals surface area contributed by atoms with Gasteiger partial charge in [-0.05, 0) is 30.7 Å². The largest absolute Gasteiger partial charge is 0.508 e. The molecule has 2 aromatic rings. The summed E-state index contributed by atoms with van der Waals surface area (Å²) in [7, 11) is 2.68. The van der Waals surface area contributed by atoms with Crippen molar-refractivity contribution in [1.29, 1.82) is 0 Å². The lowest BCUT2D eigenvalue weighted by Gasteiger charge is -2.16. The van der Waals surface area contributed by atoms with Crippen LogP contribution >= 0.6 is 0 Å². The van der Waals surface area contributed by atoms with Crippen LogP contribution in [0.4, 0.5) is 0 Å². The minimum absolute atomic E-state index is 0.0184. The van der Waals surface area contributed by atoms with E-state index in [-0.39, 0.29) is 34.5 Å². The van der Waals surface area contributed by atoms with Crippen molar-refractivity contribution in [2.45, 2.75) is 26.2 Å². The molecule has 128 valence electrons. The van der Waals surface area contributed by atoms with E-state index in [1.165, 1.54) is 38.5 Å². The van der Waals surface area contributed by atoms with Gasteiger partial charge in [0.15, 0.2) is 5.69 Å². The third kappa shape index (κ3) is 3.10. The van der Waals surface area contributed by atoms with E-state index in [1.807, 2.05) is 13.8 Å². The van der Waals surface area contributed by atoms with Crippen LogP contribution in [0.1, 0.15) is 47.9 Å². The van der Waals surface area contributed by atoms with Gasteiger partial charge in [0, 0.05) is 11.5 Å². The molecule has 1 aromatic heterocycles. The molecule has 0 aliphatic carbocycles. The van der Waals surface area contributed by atoms with Crippen LogP contribution in [0.25, 0.3) is 0 Å². The van der Waals surface area contributed by atoms with E-state index < -0.39 is 11.3 Å². The summed E-state index contributed by atoms with van der Waals surface area (Å²) in [5, 5.41) is 9.35. The zero-order valence-corrected chi connectivity index (χ0v) is 14.1. The molecule has 1 heterocycles. The zero-order chi connectivity index (χ0) is 17.9. The summed E-state index contributed by atoms with van der Waals surface area (Å²) in [5.41, 5.74) is -0.0367. The smallest absolute Gasteiger partial charge is 0.305 e. The second-order valence-electron chi connectivity index (χ2n) is 5.32. The molecule has 1 N–H and O–H groups in total. The molecule has 1 atom stereocenters. The van der Waals surface area contributed by atoms with Gasteiger partial charge in [-0.25, -0.2) is 4.98 Å². The fourth-order valence-electron chi connectivity index (χ4n) is 2.27. The van der Waals surface area contributed by atoms with Crippen LogP contribution in [-0.4, -0.2) is 34.8 Å². The van der Waals surface area contributed by atoms with Crippen LogP contribution in [0.15, 0.2) is 29.1 Å². The molecule has 0 radical (unpaired) electrons. The summed E-state index contributed by atoms with van der Waals surface area (Å²) in [4.78, 5) is 34.7. The molecular formula is C17H20N2O5. The summed E-state index contributed by atoms with van der Waals surface area (Å²) < 4.78 is 6.13. The molecule has 0 amide bonds. The number of ketones is 1. The standard InChI is InChI=1S/C17H20N2O5/c1-5-10(2)13-17(22)19(24-4)14(16(18-13)23-3)15(21)11-6-8-12(20)9-7-11/h6-10,20H,5H2,1-4H3. The third-order valence-corrected chi connectivity index (χ3v) is 3.83. The second kappa shape index (κ2) is 7.16. The summed E-state index contributed by atoms with van der Waals surface area (Å²) in [6, 6.07) is 5.67. The van der Waals surface area contributed by atoms with Crippen molar-refractivity contribution in [3.63, 3.8) is 0 Å². The Morgan fingerprint density at radius 2 is 1.92 bits per heavy atom. The molecule has 0 saturated carbocycles. The number of aromatic nitrogens is 2. The lowest BCUT2D eigenvalue weighted by Crippen LogP contribution is -2.35. The Bertz CT molecular complexity index is 796. The zero-order valence-electron chi connectivity index (χ0n) is 14.1. The fraction of sp³-hybridized carbons (Fsp3) is 0.353. The van der Waals surface area contributed by atoms with Crippen molar-refractivity contribution >= 4 is 5.78 Å². The Balaban J connectivity index is 2.68. The second-order valence-corrected chi connectivity index (χ2v) is 5.32. The number of hydrogen-bond donors (Lipinski definition) is 1. The van der Waals surface area contributed by atoms with Gasteiger partial charge in [-0.3, -0.25) is 9.59 Å². The van der Waals surface area contributed by atoms with Crippen molar-refractivity contribution in [2.75, 3.05) is 14.2 Å². The summed E-state index contributed by atoms with van der Waals surface area (Å²) in [6.45, 7) is 3.80. The Morgan fingerprint density at radius 1 is 1.29 bits per heavy atom. The molecule has 0 fully saturated rings. The number of phenols is 1. The molecule has 7 nitrogen and oxygen atoms in total. The molecule has 1 aromatic carbocycles. The number of methoxy groups -OCH3 is 1. The number of ether oxygens (including phenoxy) is 1. The highest BCUT2D eigenvalue weighted by atomic mass is 16.7. The molecule has 7 heteroatoms. The highest BCUT2D eigenvalue weighted by Crippen LogP contribution is 2.22. The minimum atomic E-state index is -0.492. The quantitative estimate of drug-likeness (QED) is 0.811. The van der Waals surface area contributed by atoms with Crippen LogP contribution in [0, 0.1) is 0 Å². The van der Waals surface area contributed by atoms with Crippen molar-refractivity contribution in [2.24, 2.45) is 0 Å². The molecule has 1 unspecified atom stereocenters. The van der Waals surface area contributed by atoms with E-state index in [0.29, 0.717) is 6.42 Å². The first-order chi connectivity index (χ1) is 11.4. The summed E-state index contributed by atoms with van der Waals surface area (Å²) in [6.07, 6.45) is 0.709. The number of phenolic OH excluding ortho intramolecular Hbond substituents is 1. The van der Waals surface area contributed by atoms with Gasteiger partial charge in [0.2, 0.25) is 11.7 Å². The van der Waals surface area contributed by atoms with Gasteiger partial charge < -0.3 is 14.7 Å². The van der Waals surface area contributed by atoms with Gasteiger partial charge in [0.25, 0.3) is 0 Å². The van der Waals surface area contributed by atoms with Crippen LogP contribution in [0.2, 0.25) is 0 Å². The maximum Gasteiger partial charge on any atom is 0.305 e. The Morgan fingerprint density at radius 3 is 2.42 bits per heavy atom. The summed E-state index contributed by atoms with van der Waals surface area (Å²) >= 11 is 0. The molecule has 0 aliphatic rings. The van der Waals surface area contributed by atoms with Crippen LogP contribution < -0.4 is 15.1 Å². The van der Waals surface area contributed by atoms with E-state index in [9.17, 15) is 14.7 Å². The van der Waals surface area contributed by atoms with Gasteiger partial charge in [-0.2, -0.15) is 0 Å². The number of rotatable bonds is 6. The van der Waals surface area contributed by atoms with Gasteiger partial charge in [0.1, 0.15) is 18.6 Å². The van der Waals surface area contributed by atoms with Crippen molar-refractivity contribution < 1.29 is 19.5 Å². The molecule has 0 spiro atoms. The van der Waals surface area contributed by atoms with Gasteiger partial charge >= 0.3 is 5.56 Å². The van der Waals surface area contributed by atoms with Crippen molar-refractivity contribution in [3.8, 4) is 11.6 Å². The first-order valence-electron chi connectivity index (χ1n) is 7.53. The number of hydrogen-bond acceptors (Lipinski definition) is 6. The summed E-state index contributed by atoms with van der Waals surface area (Å²) in [5.74, 6) is -0.544. The van der Waals surface area contributed by atoms with Crippen molar-refractivity contribution in [3.05, 3.63) is 51.6 Å². The predicted octanol–water partition coefficient (Wildman–Crippen LogP) is 1.76. The fourth-order valence-corrected chi connectivity index (χ4v) is 2.27. The van der Waals surface area contributed by atoms with Gasteiger partial charge in [-0.1, -0.05) is 13.8 Å². The Kier molecular flexibility index (Phi) is 5.23. The van der Waals surface area contributed by atoms with E-state index in [1.54, 1.807) is 0 Å². The first kappa shape index (κ1) is 17.5. The molecule has 2 rings (SSSR count). The average molecular weight is 332 g/mol. The van der Waals surface area contributed by atoms with E-state index in [0.717, 1.165) is 4.73 Å².